The summed E-state index contributed by atoms with van der Waals surface area (Å²) in [4.78, 5) is 23.5. The van der Waals surface area contributed by atoms with Gasteiger partial charge in [0.05, 0.1) is 13.2 Å². The van der Waals surface area contributed by atoms with Crippen LogP contribution < -0.4 is 0 Å². The Balaban J connectivity index is 3.23. The fourth-order valence-corrected chi connectivity index (χ4v) is 4.28. The monoisotopic (exact) mass is 496 g/mol. The molecule has 0 saturated carbocycles. The minimum atomic E-state index is -0.0628. The molecule has 4 nitrogen and oxygen atoms in total. The summed E-state index contributed by atoms with van der Waals surface area (Å²) in [6, 6.07) is 0. The highest BCUT2D eigenvalue weighted by atomic mass is 16.5. The fraction of sp³-hybridized carbons (Fsp3) is 0.935. The predicted octanol–water partition coefficient (Wildman–Crippen LogP) is 9.72. The minimum Gasteiger partial charge on any atom is -0.466 e. The summed E-state index contributed by atoms with van der Waals surface area (Å²) in [5.74, 6) is 0.472. The standard InChI is InChI=1S/C31H60O4/c1-4-5-6-7-8-9-10-11-12-13-14-17-20-23-27-34-30(32)24-21-18-15-16-19-22-25-31(33)35-28-26-29(2)3/h29H,4-28H2,1-3H3. The van der Waals surface area contributed by atoms with E-state index in [1.807, 2.05) is 0 Å². The first-order chi connectivity index (χ1) is 17.1. The summed E-state index contributed by atoms with van der Waals surface area (Å²) >= 11 is 0. The van der Waals surface area contributed by atoms with Crippen LogP contribution in [0.1, 0.15) is 168 Å². The third-order valence-electron chi connectivity index (χ3n) is 6.73. The van der Waals surface area contributed by atoms with Crippen molar-refractivity contribution in [2.75, 3.05) is 13.2 Å². The van der Waals surface area contributed by atoms with Crippen LogP contribution in [0.15, 0.2) is 0 Å². The number of unbranched alkanes of at least 4 members (excludes halogenated alkanes) is 18. The van der Waals surface area contributed by atoms with E-state index in [4.69, 9.17) is 9.47 Å². The Kier molecular flexibility index (Phi) is 26.7. The number of hydrogen-bond acceptors (Lipinski definition) is 4. The van der Waals surface area contributed by atoms with Gasteiger partial charge in [0, 0.05) is 12.8 Å². The minimum absolute atomic E-state index is 0.0381. The molecule has 0 aliphatic rings. The fourth-order valence-electron chi connectivity index (χ4n) is 4.28. The third-order valence-corrected chi connectivity index (χ3v) is 6.73. The van der Waals surface area contributed by atoms with Crippen molar-refractivity contribution >= 4 is 11.9 Å². The van der Waals surface area contributed by atoms with E-state index in [0.717, 1.165) is 51.4 Å². The second-order valence-corrected chi connectivity index (χ2v) is 10.8. The van der Waals surface area contributed by atoms with Crippen molar-refractivity contribution in [3.05, 3.63) is 0 Å². The summed E-state index contributed by atoms with van der Waals surface area (Å²) < 4.78 is 10.6. The van der Waals surface area contributed by atoms with Gasteiger partial charge in [-0.2, -0.15) is 0 Å². The maximum atomic E-state index is 11.8. The number of ether oxygens (including phenoxy) is 2. The molecule has 0 bridgehead atoms. The van der Waals surface area contributed by atoms with Crippen LogP contribution in [-0.4, -0.2) is 25.2 Å². The second kappa shape index (κ2) is 27.5. The zero-order valence-electron chi connectivity index (χ0n) is 23.9. The summed E-state index contributed by atoms with van der Waals surface area (Å²) in [5.41, 5.74) is 0. The average Bonchev–Trinajstić information content (AvgIpc) is 2.83. The number of esters is 2. The Hall–Kier alpha value is -1.06. The van der Waals surface area contributed by atoms with Crippen LogP contribution in [0.2, 0.25) is 0 Å². The first-order valence-corrected chi connectivity index (χ1v) is 15.4. The van der Waals surface area contributed by atoms with E-state index in [0.29, 0.717) is 32.0 Å². The topological polar surface area (TPSA) is 52.6 Å². The zero-order chi connectivity index (χ0) is 25.8. The van der Waals surface area contributed by atoms with Crippen LogP contribution in [0, 0.1) is 5.92 Å². The first-order valence-electron chi connectivity index (χ1n) is 15.4. The number of carbonyl (C=O) groups excluding carboxylic acids is 2. The van der Waals surface area contributed by atoms with E-state index >= 15 is 0 Å². The van der Waals surface area contributed by atoms with E-state index < -0.39 is 0 Å². The molecule has 0 radical (unpaired) electrons. The smallest absolute Gasteiger partial charge is 0.305 e. The van der Waals surface area contributed by atoms with Gasteiger partial charge in [-0.05, 0) is 31.6 Å². The van der Waals surface area contributed by atoms with Crippen molar-refractivity contribution in [2.45, 2.75) is 168 Å². The summed E-state index contributed by atoms with van der Waals surface area (Å²) in [6.07, 6.45) is 27.0. The Morgan fingerprint density at radius 1 is 0.486 bits per heavy atom. The summed E-state index contributed by atoms with van der Waals surface area (Å²) in [7, 11) is 0. The van der Waals surface area contributed by atoms with E-state index in [1.165, 1.54) is 83.5 Å². The van der Waals surface area contributed by atoms with Gasteiger partial charge in [0.2, 0.25) is 0 Å². The molecular weight excluding hydrogens is 436 g/mol. The largest absolute Gasteiger partial charge is 0.466 e. The molecule has 0 heterocycles. The normalized spacial score (nSPS) is 11.2. The molecule has 0 N–H and O–H groups in total. The maximum absolute atomic E-state index is 11.8. The molecule has 0 amide bonds. The van der Waals surface area contributed by atoms with Crippen molar-refractivity contribution < 1.29 is 19.1 Å². The van der Waals surface area contributed by atoms with Crippen LogP contribution in [0.4, 0.5) is 0 Å². The molecule has 0 aliphatic carbocycles. The molecule has 0 aromatic carbocycles. The molecule has 0 aromatic heterocycles. The van der Waals surface area contributed by atoms with Gasteiger partial charge in [0.25, 0.3) is 0 Å². The van der Waals surface area contributed by atoms with Crippen LogP contribution in [0.3, 0.4) is 0 Å². The van der Waals surface area contributed by atoms with Gasteiger partial charge in [0.15, 0.2) is 0 Å². The lowest BCUT2D eigenvalue weighted by molar-refractivity contribution is -0.145. The summed E-state index contributed by atoms with van der Waals surface area (Å²) in [6.45, 7) is 7.68. The second-order valence-electron chi connectivity index (χ2n) is 10.8. The van der Waals surface area contributed by atoms with Crippen LogP contribution in [0.25, 0.3) is 0 Å². The Bertz CT molecular complexity index is 461. The van der Waals surface area contributed by atoms with Crippen molar-refractivity contribution in [3.63, 3.8) is 0 Å². The molecule has 0 rings (SSSR count). The quantitative estimate of drug-likeness (QED) is 0.0838. The lowest BCUT2D eigenvalue weighted by atomic mass is 10.0. The molecule has 0 saturated heterocycles. The van der Waals surface area contributed by atoms with Crippen LogP contribution in [-0.2, 0) is 19.1 Å². The Morgan fingerprint density at radius 3 is 1.23 bits per heavy atom. The van der Waals surface area contributed by atoms with E-state index in [1.54, 1.807) is 0 Å². The highest BCUT2D eigenvalue weighted by Gasteiger charge is 2.05. The molecule has 0 atom stereocenters. The molecule has 0 spiro atoms. The van der Waals surface area contributed by atoms with E-state index in [-0.39, 0.29) is 11.9 Å². The predicted molar refractivity (Wildman–Crippen MR) is 149 cm³/mol. The highest BCUT2D eigenvalue weighted by molar-refractivity contribution is 5.69. The van der Waals surface area contributed by atoms with Crippen LogP contribution in [0.5, 0.6) is 0 Å². The van der Waals surface area contributed by atoms with Gasteiger partial charge < -0.3 is 9.47 Å². The lowest BCUT2D eigenvalue weighted by Gasteiger charge is -2.07. The Labute approximate surface area is 218 Å². The molecule has 4 heteroatoms. The lowest BCUT2D eigenvalue weighted by Crippen LogP contribution is -2.07. The first kappa shape index (κ1) is 33.9. The maximum Gasteiger partial charge on any atom is 0.305 e. The SMILES string of the molecule is CCCCCCCCCCCCCCCCOC(=O)CCCCCCCCC(=O)OCCC(C)C. The zero-order valence-corrected chi connectivity index (χ0v) is 23.9. The Morgan fingerprint density at radius 2 is 0.829 bits per heavy atom. The molecule has 35 heavy (non-hydrogen) atoms. The van der Waals surface area contributed by atoms with Crippen molar-refractivity contribution in [1.29, 1.82) is 0 Å². The van der Waals surface area contributed by atoms with Gasteiger partial charge in [-0.1, -0.05) is 130 Å². The van der Waals surface area contributed by atoms with Crippen molar-refractivity contribution in [1.82, 2.24) is 0 Å². The molecular formula is C31H60O4. The van der Waals surface area contributed by atoms with Crippen molar-refractivity contribution in [3.8, 4) is 0 Å². The van der Waals surface area contributed by atoms with Crippen molar-refractivity contribution in [2.24, 2.45) is 5.92 Å². The number of carbonyl (C=O) groups is 2. The molecule has 0 fully saturated rings. The van der Waals surface area contributed by atoms with E-state index in [9.17, 15) is 9.59 Å². The van der Waals surface area contributed by atoms with Gasteiger partial charge in [-0.25, -0.2) is 0 Å². The van der Waals surface area contributed by atoms with Crippen LogP contribution >= 0.6 is 0 Å². The average molecular weight is 497 g/mol. The van der Waals surface area contributed by atoms with E-state index in [2.05, 4.69) is 20.8 Å². The number of hydrogen-bond donors (Lipinski definition) is 0. The molecule has 0 aliphatic heterocycles. The van der Waals surface area contributed by atoms with Gasteiger partial charge in [0.1, 0.15) is 0 Å². The van der Waals surface area contributed by atoms with Gasteiger partial charge in [-0.15, -0.1) is 0 Å². The van der Waals surface area contributed by atoms with Gasteiger partial charge in [-0.3, -0.25) is 9.59 Å². The molecule has 0 unspecified atom stereocenters. The number of rotatable bonds is 27. The molecule has 208 valence electrons. The van der Waals surface area contributed by atoms with Gasteiger partial charge >= 0.3 is 11.9 Å². The molecule has 0 aromatic rings. The highest BCUT2D eigenvalue weighted by Crippen LogP contribution is 2.13. The third kappa shape index (κ3) is 29.1. The summed E-state index contributed by atoms with van der Waals surface area (Å²) in [5, 5.41) is 0.